The number of fused-ring (bicyclic) bond motifs is 4. The number of amides is 2. The molecule has 1 spiro atoms. The number of likely N-dealkylation sites (tertiary alicyclic amines) is 1. The Morgan fingerprint density at radius 2 is 1.80 bits per heavy atom. The largest absolute Gasteiger partial charge is 0.444 e. The van der Waals surface area contributed by atoms with Crippen LogP contribution in [0.15, 0.2) is 23.4 Å². The second-order valence-electron chi connectivity index (χ2n) is 15.3. The number of thiophene rings is 1. The van der Waals surface area contributed by atoms with Crippen molar-refractivity contribution < 1.29 is 32.6 Å². The lowest BCUT2D eigenvalue weighted by molar-refractivity contribution is -0.166. The number of rotatable bonds is 5. The minimum atomic E-state index is -0.700. The first kappa shape index (κ1) is 33.4. The number of nitrogens with zero attached hydrogens (tertiary/aromatic N) is 4. The lowest BCUT2D eigenvalue weighted by Crippen LogP contribution is -2.97. The van der Waals surface area contributed by atoms with Crippen LogP contribution >= 0.6 is 23.1 Å². The molecule has 0 radical (unpaired) electrons. The molecular formula is C36H39F2N5O5S2. The molecule has 3 unspecified atom stereocenters. The van der Waals surface area contributed by atoms with E-state index in [4.69, 9.17) is 24.2 Å². The van der Waals surface area contributed by atoms with Crippen LogP contribution in [-0.4, -0.2) is 68.2 Å². The maximum Gasteiger partial charge on any atom is 0.412 e. The Morgan fingerprint density at radius 3 is 2.46 bits per heavy atom. The van der Waals surface area contributed by atoms with E-state index in [1.165, 1.54) is 29.2 Å². The van der Waals surface area contributed by atoms with Crippen LogP contribution in [0.2, 0.25) is 0 Å². The van der Waals surface area contributed by atoms with E-state index in [0.29, 0.717) is 49.3 Å². The van der Waals surface area contributed by atoms with Gasteiger partial charge in [0.1, 0.15) is 28.4 Å². The molecule has 5 heterocycles. The number of ether oxygens (including phenoxy) is 3. The van der Waals surface area contributed by atoms with Gasteiger partial charge >= 0.3 is 12.2 Å². The Bertz CT molecular complexity index is 2100. The average molecular weight is 724 g/mol. The highest BCUT2D eigenvalue weighted by molar-refractivity contribution is 7.99. The zero-order valence-corrected chi connectivity index (χ0v) is 30.7. The predicted octanol–water partition coefficient (Wildman–Crippen LogP) is 8.62. The van der Waals surface area contributed by atoms with Gasteiger partial charge in [-0.15, -0.1) is 11.3 Å². The van der Waals surface area contributed by atoms with Gasteiger partial charge in [-0.25, -0.2) is 28.3 Å². The first-order valence-corrected chi connectivity index (χ1v) is 18.7. The molecule has 50 heavy (non-hydrogen) atoms. The number of hydrogen-bond donors (Lipinski definition) is 1. The molecule has 4 aromatic rings. The third kappa shape index (κ3) is 5.03. The molecule has 3 fully saturated rings. The first-order chi connectivity index (χ1) is 23.6. The van der Waals surface area contributed by atoms with Crippen LogP contribution in [0.4, 0.5) is 29.2 Å². The van der Waals surface area contributed by atoms with E-state index in [2.05, 4.69) is 10.2 Å². The first-order valence-electron chi connectivity index (χ1n) is 16.9. The van der Waals surface area contributed by atoms with Gasteiger partial charge in [-0.1, -0.05) is 18.7 Å². The van der Waals surface area contributed by atoms with Crippen molar-refractivity contribution in [1.29, 1.82) is 0 Å². The third-order valence-corrected chi connectivity index (χ3v) is 11.7. The highest BCUT2D eigenvalue weighted by Gasteiger charge is 2.77. The van der Waals surface area contributed by atoms with E-state index < -0.39 is 28.9 Å². The maximum absolute atomic E-state index is 17.3. The van der Waals surface area contributed by atoms with Gasteiger partial charge in [0, 0.05) is 27.8 Å². The highest BCUT2D eigenvalue weighted by atomic mass is 32.2. The molecule has 2 amide bonds. The molecule has 2 saturated heterocycles. The van der Waals surface area contributed by atoms with Crippen molar-refractivity contribution in [3.05, 3.63) is 41.0 Å². The van der Waals surface area contributed by atoms with Crippen molar-refractivity contribution in [2.75, 3.05) is 22.5 Å². The fraction of sp³-hybridized carbons (Fsp3) is 0.500. The summed E-state index contributed by atoms with van der Waals surface area (Å²) >= 11 is 2.66. The SMILES string of the molecule is CCSc1nc(N2C3CCC34C2CN4C(=O)OC(C)(C)C)c2c3c(c(-c4c(F)ccc5sc(NC(=O)OC(C)(C)C)cc45)c(F)c2n1)COC3. The summed E-state index contributed by atoms with van der Waals surface area (Å²) in [5, 5.41) is 4.65. The van der Waals surface area contributed by atoms with Gasteiger partial charge in [0.2, 0.25) is 0 Å². The Balaban J connectivity index is 1.25. The molecule has 14 heteroatoms. The standard InChI is InChI=1S/C36H39F2N5O5S2/c1-8-49-31-40-29-27(30(41-31)43-22-11-12-36(22)23(43)14-42(36)33(45)48-35(5,6)7)19-16-46-15-18(19)26(28(29)38)25-17-13-24(39-32(44)47-34(2,3)4)50-21(17)10-9-20(25)37/h9-10,13,22-23H,8,11-12,14-16H2,1-7H3,(H,39,44). The van der Waals surface area contributed by atoms with Crippen molar-refractivity contribution in [3.63, 3.8) is 0 Å². The van der Waals surface area contributed by atoms with Gasteiger partial charge in [0.25, 0.3) is 0 Å². The Labute approximate surface area is 296 Å². The summed E-state index contributed by atoms with van der Waals surface area (Å²) in [6, 6.07) is 4.63. The zero-order valence-electron chi connectivity index (χ0n) is 29.0. The van der Waals surface area contributed by atoms with Crippen LogP contribution in [0.3, 0.4) is 0 Å². The smallest absolute Gasteiger partial charge is 0.412 e. The number of benzene rings is 2. The van der Waals surface area contributed by atoms with E-state index in [1.807, 2.05) is 32.6 Å². The van der Waals surface area contributed by atoms with Crippen molar-refractivity contribution in [1.82, 2.24) is 14.9 Å². The Kier molecular flexibility index (Phi) is 7.60. The minimum Gasteiger partial charge on any atom is -0.444 e. The number of piperazine rings is 1. The van der Waals surface area contributed by atoms with Crippen LogP contribution in [0.5, 0.6) is 0 Å². The van der Waals surface area contributed by atoms with Crippen LogP contribution in [0.1, 0.15) is 72.4 Å². The van der Waals surface area contributed by atoms with Gasteiger partial charge in [-0.3, -0.25) is 10.2 Å². The number of halogens is 2. The monoisotopic (exact) mass is 723 g/mol. The molecule has 1 saturated carbocycles. The molecule has 1 N–H and O–H groups in total. The lowest BCUT2D eigenvalue weighted by Gasteiger charge is -2.80. The number of hydrogen-bond acceptors (Lipinski definition) is 10. The van der Waals surface area contributed by atoms with E-state index in [1.54, 1.807) is 32.9 Å². The maximum atomic E-state index is 17.3. The van der Waals surface area contributed by atoms with E-state index >= 15 is 8.78 Å². The molecule has 0 bridgehead atoms. The molecule has 3 aliphatic heterocycles. The van der Waals surface area contributed by atoms with E-state index in [0.717, 1.165) is 18.4 Å². The summed E-state index contributed by atoms with van der Waals surface area (Å²) < 4.78 is 51.1. The molecule has 1 aliphatic carbocycles. The third-order valence-electron chi connectivity index (χ3n) is 9.92. The molecule has 3 atom stereocenters. The summed E-state index contributed by atoms with van der Waals surface area (Å²) in [5.41, 5.74) is -0.0196. The number of anilines is 2. The number of aromatic nitrogens is 2. The topological polar surface area (TPSA) is 106 Å². The van der Waals surface area contributed by atoms with Crippen LogP contribution in [0.25, 0.3) is 32.1 Å². The highest BCUT2D eigenvalue weighted by Crippen LogP contribution is 2.62. The van der Waals surface area contributed by atoms with Crippen LogP contribution < -0.4 is 10.2 Å². The van der Waals surface area contributed by atoms with Crippen LogP contribution in [-0.2, 0) is 27.4 Å². The molecule has 10 nitrogen and oxygen atoms in total. The number of piperidine rings is 1. The van der Waals surface area contributed by atoms with Crippen molar-refractivity contribution >= 4 is 67.1 Å². The van der Waals surface area contributed by atoms with Crippen molar-refractivity contribution in [2.24, 2.45) is 0 Å². The number of carbonyl (C=O) groups is 2. The predicted molar refractivity (Wildman–Crippen MR) is 190 cm³/mol. The quantitative estimate of drug-likeness (QED) is 0.160. The molecule has 264 valence electrons. The van der Waals surface area contributed by atoms with Crippen molar-refractivity contribution in [3.8, 4) is 11.1 Å². The van der Waals surface area contributed by atoms with Gasteiger partial charge in [0.15, 0.2) is 11.0 Å². The second kappa shape index (κ2) is 11.4. The normalized spacial score (nSPS) is 22.3. The van der Waals surface area contributed by atoms with Gasteiger partial charge in [-0.05, 0) is 89.5 Å². The fourth-order valence-corrected chi connectivity index (χ4v) is 9.50. The van der Waals surface area contributed by atoms with Crippen LogP contribution in [0, 0.1) is 11.6 Å². The fourth-order valence-electron chi connectivity index (χ4n) is 7.98. The summed E-state index contributed by atoms with van der Waals surface area (Å²) in [7, 11) is 0. The minimum absolute atomic E-state index is 0.0138. The lowest BCUT2D eigenvalue weighted by atomic mass is 9.52. The zero-order chi connectivity index (χ0) is 35.5. The summed E-state index contributed by atoms with van der Waals surface area (Å²) in [4.78, 5) is 39.5. The van der Waals surface area contributed by atoms with Gasteiger partial charge < -0.3 is 19.1 Å². The number of nitrogens with one attached hydrogen (secondary N) is 1. The molecule has 2 aromatic heterocycles. The average Bonchev–Trinajstić information content (AvgIpc) is 3.61. The molecular weight excluding hydrogens is 685 g/mol. The van der Waals surface area contributed by atoms with E-state index in [9.17, 15) is 9.59 Å². The van der Waals surface area contributed by atoms with Gasteiger partial charge in [-0.2, -0.15) is 0 Å². The Morgan fingerprint density at radius 1 is 1.06 bits per heavy atom. The summed E-state index contributed by atoms with van der Waals surface area (Å²) in [6.45, 7) is 13.6. The molecule has 4 aliphatic rings. The second-order valence-corrected chi connectivity index (χ2v) is 17.6. The summed E-state index contributed by atoms with van der Waals surface area (Å²) in [5.74, 6) is 0.0647. The number of thioether (sulfide) groups is 1. The molecule has 2 aromatic carbocycles. The summed E-state index contributed by atoms with van der Waals surface area (Å²) in [6.07, 6.45) is 0.782. The van der Waals surface area contributed by atoms with Gasteiger partial charge in [0.05, 0.1) is 41.2 Å². The number of carbonyl (C=O) groups excluding carboxylic acids is 2. The Hall–Kier alpha value is -3.75. The van der Waals surface area contributed by atoms with Crippen molar-refractivity contribution in [2.45, 2.75) is 109 Å². The van der Waals surface area contributed by atoms with E-state index in [-0.39, 0.29) is 53.6 Å². The molecule has 8 rings (SSSR count).